The third-order valence-electron chi connectivity index (χ3n) is 2.83. The minimum Gasteiger partial charge on any atom is -0.550 e. The van der Waals surface area contributed by atoms with Gasteiger partial charge >= 0.3 is 0 Å². The lowest BCUT2D eigenvalue weighted by Crippen LogP contribution is -2.33. The zero-order valence-electron chi connectivity index (χ0n) is 9.06. The highest BCUT2D eigenvalue weighted by Crippen LogP contribution is 2.19. The summed E-state index contributed by atoms with van der Waals surface area (Å²) in [6.45, 7) is 0.474. The van der Waals surface area contributed by atoms with E-state index >= 15 is 0 Å². The molecule has 0 spiro atoms. The Bertz CT molecular complexity index is 444. The lowest BCUT2D eigenvalue weighted by molar-refractivity contribution is -0.311. The zero-order valence-corrected chi connectivity index (χ0v) is 9.06. The predicted molar refractivity (Wildman–Crippen MR) is 54.9 cm³/mol. The zero-order chi connectivity index (χ0) is 12.4. The van der Waals surface area contributed by atoms with Gasteiger partial charge in [0.25, 0.3) is 0 Å². The maximum absolute atomic E-state index is 12.7. The van der Waals surface area contributed by atoms with Crippen LogP contribution in [0.1, 0.15) is 12.0 Å². The minimum absolute atomic E-state index is 0.0104. The smallest absolute Gasteiger partial charge is 0.223 e. The molecule has 1 atom stereocenters. The van der Waals surface area contributed by atoms with Crippen molar-refractivity contribution in [1.29, 1.82) is 0 Å². The van der Waals surface area contributed by atoms with Gasteiger partial charge in [0.2, 0.25) is 5.91 Å². The largest absolute Gasteiger partial charge is 0.550 e. The van der Waals surface area contributed by atoms with E-state index in [2.05, 4.69) is 0 Å². The van der Waals surface area contributed by atoms with Crippen LogP contribution in [-0.2, 0) is 16.1 Å². The van der Waals surface area contributed by atoms with Gasteiger partial charge in [-0.15, -0.1) is 0 Å². The Labute approximate surface area is 97.7 Å². The minimum atomic E-state index is -1.19. The molecule has 0 radical (unpaired) electrons. The van der Waals surface area contributed by atoms with Crippen molar-refractivity contribution in [2.75, 3.05) is 6.54 Å². The van der Waals surface area contributed by atoms with Crippen molar-refractivity contribution in [3.8, 4) is 0 Å². The third kappa shape index (κ3) is 2.61. The van der Waals surface area contributed by atoms with Crippen LogP contribution in [0.3, 0.4) is 0 Å². The Kier molecular flexibility index (Phi) is 3.08. The Morgan fingerprint density at radius 1 is 1.41 bits per heavy atom. The molecule has 0 aliphatic carbocycles. The Hall–Kier alpha value is -1.91. The van der Waals surface area contributed by atoms with Crippen molar-refractivity contribution >= 4 is 11.9 Å². The number of carbonyl (C=O) groups excluding carboxylic acids is 2. The van der Waals surface area contributed by atoms with E-state index in [1.54, 1.807) is 12.1 Å². The van der Waals surface area contributed by atoms with Crippen LogP contribution in [0.5, 0.6) is 0 Å². The topological polar surface area (TPSA) is 60.4 Å². The Morgan fingerprint density at radius 3 is 2.59 bits per heavy atom. The molecule has 1 heterocycles. The number of carbonyl (C=O) groups is 2. The molecule has 1 aliphatic rings. The van der Waals surface area contributed by atoms with Gasteiger partial charge in [-0.05, 0) is 17.7 Å². The van der Waals surface area contributed by atoms with E-state index in [1.807, 2.05) is 0 Å². The van der Waals surface area contributed by atoms with E-state index < -0.39 is 11.9 Å². The molecule has 17 heavy (non-hydrogen) atoms. The van der Waals surface area contributed by atoms with Crippen molar-refractivity contribution in [2.24, 2.45) is 5.92 Å². The van der Waals surface area contributed by atoms with Crippen molar-refractivity contribution in [2.45, 2.75) is 13.0 Å². The van der Waals surface area contributed by atoms with Crippen LogP contribution < -0.4 is 5.11 Å². The average molecular weight is 236 g/mol. The van der Waals surface area contributed by atoms with Gasteiger partial charge < -0.3 is 14.8 Å². The molecule has 1 fully saturated rings. The molecule has 1 aromatic carbocycles. The van der Waals surface area contributed by atoms with Gasteiger partial charge in [0.05, 0.1) is 0 Å². The van der Waals surface area contributed by atoms with E-state index in [-0.39, 0.29) is 24.7 Å². The number of halogens is 1. The summed E-state index contributed by atoms with van der Waals surface area (Å²) < 4.78 is 12.7. The number of rotatable bonds is 3. The lowest BCUT2D eigenvalue weighted by Gasteiger charge is -2.17. The number of likely N-dealkylation sites (tertiary alicyclic amines) is 1. The first-order chi connectivity index (χ1) is 8.06. The molecular formula is C12H11FNO3-. The van der Waals surface area contributed by atoms with E-state index in [4.69, 9.17) is 0 Å². The molecule has 90 valence electrons. The van der Waals surface area contributed by atoms with Crippen LogP contribution >= 0.6 is 0 Å². The predicted octanol–water partition coefficient (Wildman–Crippen LogP) is -0.0759. The van der Waals surface area contributed by atoms with Gasteiger partial charge in [-0.1, -0.05) is 12.1 Å². The quantitative estimate of drug-likeness (QED) is 0.737. The first-order valence-corrected chi connectivity index (χ1v) is 5.29. The summed E-state index contributed by atoms with van der Waals surface area (Å²) in [6.07, 6.45) is -0.0104. The fourth-order valence-corrected chi connectivity index (χ4v) is 1.89. The summed E-state index contributed by atoms with van der Waals surface area (Å²) in [6, 6.07) is 5.78. The van der Waals surface area contributed by atoms with E-state index in [0.29, 0.717) is 6.54 Å². The summed E-state index contributed by atoms with van der Waals surface area (Å²) in [5, 5.41) is 10.7. The van der Waals surface area contributed by atoms with Crippen LogP contribution in [-0.4, -0.2) is 23.3 Å². The summed E-state index contributed by atoms with van der Waals surface area (Å²) >= 11 is 0. The molecule has 1 saturated heterocycles. The highest BCUT2D eigenvalue weighted by atomic mass is 19.1. The van der Waals surface area contributed by atoms with E-state index in [1.165, 1.54) is 17.0 Å². The number of hydrogen-bond donors (Lipinski definition) is 0. The summed E-state index contributed by atoms with van der Waals surface area (Å²) in [7, 11) is 0. The second-order valence-corrected chi connectivity index (χ2v) is 4.12. The monoisotopic (exact) mass is 236 g/mol. The number of hydrogen-bond acceptors (Lipinski definition) is 3. The van der Waals surface area contributed by atoms with Crippen LogP contribution in [0.25, 0.3) is 0 Å². The fourth-order valence-electron chi connectivity index (χ4n) is 1.89. The maximum Gasteiger partial charge on any atom is 0.223 e. The Morgan fingerprint density at radius 2 is 2.06 bits per heavy atom. The molecule has 1 aromatic rings. The highest BCUT2D eigenvalue weighted by molar-refractivity contribution is 5.85. The third-order valence-corrected chi connectivity index (χ3v) is 2.83. The van der Waals surface area contributed by atoms with Crippen LogP contribution in [0, 0.1) is 11.7 Å². The van der Waals surface area contributed by atoms with E-state index in [0.717, 1.165) is 5.56 Å². The number of nitrogens with zero attached hydrogens (tertiary/aromatic N) is 1. The molecule has 0 saturated carbocycles. The first-order valence-electron chi connectivity index (χ1n) is 5.29. The number of carboxylic acids is 1. The molecule has 2 rings (SSSR count). The lowest BCUT2D eigenvalue weighted by atomic mass is 10.1. The van der Waals surface area contributed by atoms with E-state index in [9.17, 15) is 19.1 Å². The SMILES string of the molecule is O=C([O-])[C@@H]1CC(=O)N(Cc2ccc(F)cc2)C1. The maximum atomic E-state index is 12.7. The van der Waals surface area contributed by atoms with Gasteiger partial charge in [-0.2, -0.15) is 0 Å². The molecule has 1 amide bonds. The van der Waals surface area contributed by atoms with Gasteiger partial charge in [-0.25, -0.2) is 4.39 Å². The normalized spacial score (nSPS) is 19.7. The van der Waals surface area contributed by atoms with Crippen LogP contribution in [0.2, 0.25) is 0 Å². The van der Waals surface area contributed by atoms with Gasteiger partial charge in [0.1, 0.15) is 5.82 Å². The molecule has 0 bridgehead atoms. The molecular weight excluding hydrogens is 225 g/mol. The van der Waals surface area contributed by atoms with Gasteiger partial charge in [-0.3, -0.25) is 4.79 Å². The van der Waals surface area contributed by atoms with Gasteiger partial charge in [0, 0.05) is 31.4 Å². The highest BCUT2D eigenvalue weighted by Gasteiger charge is 2.30. The summed E-state index contributed by atoms with van der Waals surface area (Å²) in [5.41, 5.74) is 0.777. The molecule has 1 aliphatic heterocycles. The average Bonchev–Trinajstić information content (AvgIpc) is 2.64. The molecule has 0 N–H and O–H groups in total. The Balaban J connectivity index is 2.02. The summed E-state index contributed by atoms with van der Waals surface area (Å²) in [4.78, 5) is 23.6. The van der Waals surface area contributed by atoms with Gasteiger partial charge in [0.15, 0.2) is 0 Å². The van der Waals surface area contributed by atoms with Crippen LogP contribution in [0.4, 0.5) is 4.39 Å². The van der Waals surface area contributed by atoms with Crippen molar-refractivity contribution in [3.05, 3.63) is 35.6 Å². The number of benzene rings is 1. The first kappa shape index (κ1) is 11.6. The number of aliphatic carboxylic acids is 1. The number of amides is 1. The van der Waals surface area contributed by atoms with Crippen molar-refractivity contribution in [3.63, 3.8) is 0 Å². The number of carboxylic acid groups (broad SMARTS) is 1. The summed E-state index contributed by atoms with van der Waals surface area (Å²) in [5.74, 6) is -2.47. The molecule has 4 nitrogen and oxygen atoms in total. The van der Waals surface area contributed by atoms with Crippen LogP contribution in [0.15, 0.2) is 24.3 Å². The molecule has 0 aromatic heterocycles. The van der Waals surface area contributed by atoms with Crippen molar-refractivity contribution < 1.29 is 19.1 Å². The fraction of sp³-hybridized carbons (Fsp3) is 0.333. The second-order valence-electron chi connectivity index (χ2n) is 4.12. The van der Waals surface area contributed by atoms with Crippen molar-refractivity contribution in [1.82, 2.24) is 4.90 Å². The molecule has 5 heteroatoms. The second kappa shape index (κ2) is 4.53. The molecule has 0 unspecified atom stereocenters. The standard InChI is InChI=1S/C12H12FNO3/c13-10-3-1-8(2-4-10)6-14-7-9(12(16)17)5-11(14)15/h1-4,9H,5-7H2,(H,16,17)/p-1/t9-/m1/s1.